The van der Waals surface area contributed by atoms with Gasteiger partial charge < -0.3 is 5.11 Å². The molecular formula is C9H8BrFN2O2. The van der Waals surface area contributed by atoms with E-state index in [1.807, 2.05) is 0 Å². The van der Waals surface area contributed by atoms with E-state index in [2.05, 4.69) is 26.5 Å². The second kappa shape index (κ2) is 4.88. The topological polar surface area (TPSA) is 61.7 Å². The van der Waals surface area contributed by atoms with Crippen LogP contribution in [-0.2, 0) is 4.79 Å². The van der Waals surface area contributed by atoms with Crippen LogP contribution in [0.2, 0.25) is 0 Å². The largest absolute Gasteiger partial charge is 0.477 e. The summed E-state index contributed by atoms with van der Waals surface area (Å²) in [5, 5.41) is 12.1. The Bertz CT molecular complexity index is 421. The van der Waals surface area contributed by atoms with Crippen molar-refractivity contribution in [2.24, 2.45) is 5.10 Å². The summed E-state index contributed by atoms with van der Waals surface area (Å²) in [6.45, 7) is 1.34. The molecule has 80 valence electrons. The second-order valence-electron chi connectivity index (χ2n) is 2.74. The normalized spacial score (nSPS) is 11.3. The number of carbonyl (C=O) groups is 1. The van der Waals surface area contributed by atoms with Crippen molar-refractivity contribution in [1.82, 2.24) is 0 Å². The lowest BCUT2D eigenvalue weighted by Crippen LogP contribution is -2.10. The lowest BCUT2D eigenvalue weighted by molar-refractivity contribution is -0.129. The summed E-state index contributed by atoms with van der Waals surface area (Å²) in [5.74, 6) is -1.56. The summed E-state index contributed by atoms with van der Waals surface area (Å²) in [5.41, 5.74) is 2.72. The number of carboxylic acids is 1. The zero-order valence-corrected chi connectivity index (χ0v) is 9.38. The van der Waals surface area contributed by atoms with Crippen LogP contribution in [0.3, 0.4) is 0 Å². The van der Waals surface area contributed by atoms with E-state index in [1.165, 1.54) is 25.1 Å². The Labute approximate surface area is 93.9 Å². The first-order chi connectivity index (χ1) is 7.00. The zero-order valence-electron chi connectivity index (χ0n) is 7.79. The van der Waals surface area contributed by atoms with Crippen LogP contribution in [-0.4, -0.2) is 16.8 Å². The fourth-order valence-corrected chi connectivity index (χ4v) is 1.11. The van der Waals surface area contributed by atoms with Gasteiger partial charge in [0.1, 0.15) is 11.5 Å². The Kier molecular flexibility index (Phi) is 3.79. The third kappa shape index (κ3) is 3.32. The number of rotatable bonds is 3. The molecule has 1 aromatic carbocycles. The SMILES string of the molecule is C/C(=N\Nc1cc(F)ccc1Br)C(=O)O. The highest BCUT2D eigenvalue weighted by molar-refractivity contribution is 9.10. The highest BCUT2D eigenvalue weighted by Gasteiger charge is 2.03. The summed E-state index contributed by atoms with van der Waals surface area (Å²) < 4.78 is 13.4. The van der Waals surface area contributed by atoms with E-state index in [9.17, 15) is 9.18 Å². The van der Waals surface area contributed by atoms with Crippen LogP contribution in [0.25, 0.3) is 0 Å². The van der Waals surface area contributed by atoms with Crippen LogP contribution in [0, 0.1) is 5.82 Å². The molecule has 0 aliphatic rings. The summed E-state index contributed by atoms with van der Waals surface area (Å²) in [6.07, 6.45) is 0. The van der Waals surface area contributed by atoms with E-state index in [1.54, 1.807) is 0 Å². The van der Waals surface area contributed by atoms with Crippen molar-refractivity contribution < 1.29 is 14.3 Å². The van der Waals surface area contributed by atoms with Crippen LogP contribution >= 0.6 is 15.9 Å². The molecule has 0 saturated carbocycles. The lowest BCUT2D eigenvalue weighted by atomic mass is 10.3. The summed E-state index contributed by atoms with van der Waals surface area (Å²) in [7, 11) is 0. The molecule has 4 nitrogen and oxygen atoms in total. The first-order valence-electron chi connectivity index (χ1n) is 3.99. The standard InChI is InChI=1S/C9H8BrFN2O2/c1-5(9(14)15)12-13-8-4-6(11)2-3-7(8)10/h2-4,13H,1H3,(H,14,15)/b12-5+. The van der Waals surface area contributed by atoms with Gasteiger partial charge in [0.05, 0.1) is 5.69 Å². The number of aliphatic carboxylic acids is 1. The van der Waals surface area contributed by atoms with Crippen molar-refractivity contribution in [3.8, 4) is 0 Å². The molecule has 0 aromatic heterocycles. The molecule has 0 amide bonds. The maximum Gasteiger partial charge on any atom is 0.351 e. The molecule has 0 fully saturated rings. The molecule has 0 heterocycles. The highest BCUT2D eigenvalue weighted by Crippen LogP contribution is 2.22. The first kappa shape index (κ1) is 11.6. The molecule has 2 N–H and O–H groups in total. The van der Waals surface area contributed by atoms with Gasteiger partial charge in [-0.15, -0.1) is 0 Å². The van der Waals surface area contributed by atoms with Crippen molar-refractivity contribution in [3.63, 3.8) is 0 Å². The van der Waals surface area contributed by atoms with Gasteiger partial charge in [0.15, 0.2) is 0 Å². The zero-order chi connectivity index (χ0) is 11.4. The molecule has 0 unspecified atom stereocenters. The molecule has 15 heavy (non-hydrogen) atoms. The summed E-state index contributed by atoms with van der Waals surface area (Å²) >= 11 is 3.17. The summed E-state index contributed by atoms with van der Waals surface area (Å²) in [6, 6.07) is 4.00. The minimum atomic E-state index is -1.13. The molecule has 0 bridgehead atoms. The molecule has 0 aliphatic carbocycles. The van der Waals surface area contributed by atoms with Gasteiger partial charge in [0, 0.05) is 4.47 Å². The van der Waals surface area contributed by atoms with Gasteiger partial charge in [-0.1, -0.05) is 0 Å². The maximum absolute atomic E-state index is 12.8. The lowest BCUT2D eigenvalue weighted by Gasteiger charge is -2.03. The van der Waals surface area contributed by atoms with Gasteiger partial charge in [-0.25, -0.2) is 9.18 Å². The van der Waals surface area contributed by atoms with Gasteiger partial charge in [0.2, 0.25) is 0 Å². The van der Waals surface area contributed by atoms with Crippen LogP contribution in [0.1, 0.15) is 6.92 Å². The van der Waals surface area contributed by atoms with Gasteiger partial charge in [-0.3, -0.25) is 5.43 Å². The van der Waals surface area contributed by atoms with Gasteiger partial charge in [0.25, 0.3) is 0 Å². The molecule has 0 spiro atoms. The van der Waals surface area contributed by atoms with E-state index in [0.717, 1.165) is 0 Å². The van der Waals surface area contributed by atoms with E-state index < -0.39 is 11.8 Å². The number of halogens is 2. The predicted molar refractivity (Wildman–Crippen MR) is 58.5 cm³/mol. The Morgan fingerprint density at radius 3 is 2.87 bits per heavy atom. The van der Waals surface area contributed by atoms with Gasteiger partial charge >= 0.3 is 5.97 Å². The van der Waals surface area contributed by atoms with Crippen molar-refractivity contribution >= 4 is 33.3 Å². The molecule has 1 aromatic rings. The number of nitrogens with zero attached hydrogens (tertiary/aromatic N) is 1. The fourth-order valence-electron chi connectivity index (χ4n) is 0.775. The number of hydrazone groups is 1. The van der Waals surface area contributed by atoms with E-state index in [-0.39, 0.29) is 5.71 Å². The van der Waals surface area contributed by atoms with E-state index in [0.29, 0.717) is 10.2 Å². The molecule has 6 heteroatoms. The molecule has 1 rings (SSSR count). The first-order valence-corrected chi connectivity index (χ1v) is 4.78. The molecular weight excluding hydrogens is 267 g/mol. The quantitative estimate of drug-likeness (QED) is 0.658. The summed E-state index contributed by atoms with van der Waals surface area (Å²) in [4.78, 5) is 10.4. The Hall–Kier alpha value is -1.43. The van der Waals surface area contributed by atoms with Crippen LogP contribution in [0.5, 0.6) is 0 Å². The van der Waals surface area contributed by atoms with E-state index >= 15 is 0 Å². The van der Waals surface area contributed by atoms with Crippen molar-refractivity contribution in [2.75, 3.05) is 5.43 Å². The van der Waals surface area contributed by atoms with Gasteiger partial charge in [-0.2, -0.15) is 5.10 Å². The number of carboxylic acid groups (broad SMARTS) is 1. The molecule has 0 radical (unpaired) electrons. The minimum Gasteiger partial charge on any atom is -0.477 e. The average Bonchev–Trinajstić information content (AvgIpc) is 2.18. The third-order valence-corrected chi connectivity index (χ3v) is 2.27. The number of anilines is 1. The van der Waals surface area contributed by atoms with Crippen molar-refractivity contribution in [3.05, 3.63) is 28.5 Å². The molecule has 0 saturated heterocycles. The third-order valence-electron chi connectivity index (χ3n) is 1.58. The maximum atomic E-state index is 12.8. The van der Waals surface area contributed by atoms with Crippen molar-refractivity contribution in [1.29, 1.82) is 0 Å². The van der Waals surface area contributed by atoms with Crippen molar-refractivity contribution in [2.45, 2.75) is 6.92 Å². The highest BCUT2D eigenvalue weighted by atomic mass is 79.9. The second-order valence-corrected chi connectivity index (χ2v) is 3.59. The predicted octanol–water partition coefficient (Wildman–Crippen LogP) is 2.46. The van der Waals surface area contributed by atoms with Crippen LogP contribution < -0.4 is 5.43 Å². The van der Waals surface area contributed by atoms with Crippen LogP contribution in [0.15, 0.2) is 27.8 Å². The molecule has 0 atom stereocenters. The minimum absolute atomic E-state index is 0.105. The smallest absolute Gasteiger partial charge is 0.351 e. The van der Waals surface area contributed by atoms with Gasteiger partial charge in [-0.05, 0) is 41.1 Å². The Morgan fingerprint density at radius 1 is 1.60 bits per heavy atom. The fraction of sp³-hybridized carbons (Fsp3) is 0.111. The average molecular weight is 275 g/mol. The number of nitrogens with one attached hydrogen (secondary N) is 1. The Morgan fingerprint density at radius 2 is 2.27 bits per heavy atom. The number of hydrogen-bond donors (Lipinski definition) is 2. The number of benzene rings is 1. The number of hydrogen-bond acceptors (Lipinski definition) is 3. The van der Waals surface area contributed by atoms with E-state index in [4.69, 9.17) is 5.11 Å². The monoisotopic (exact) mass is 274 g/mol. The molecule has 0 aliphatic heterocycles. The van der Waals surface area contributed by atoms with Crippen LogP contribution in [0.4, 0.5) is 10.1 Å². The Balaban J connectivity index is 2.86.